The number of aryl methyl sites for hydroxylation is 1. The number of hydrogen-bond acceptors (Lipinski definition) is 5. The van der Waals surface area contributed by atoms with Crippen LogP contribution in [0.2, 0.25) is 0 Å². The predicted octanol–water partition coefficient (Wildman–Crippen LogP) is 2.21. The van der Waals surface area contributed by atoms with Crippen molar-refractivity contribution in [2.75, 3.05) is 13.7 Å². The highest BCUT2D eigenvalue weighted by molar-refractivity contribution is 5.98. The Morgan fingerprint density at radius 1 is 1.29 bits per heavy atom. The van der Waals surface area contributed by atoms with Crippen LogP contribution in [0, 0.1) is 0 Å². The van der Waals surface area contributed by atoms with Crippen molar-refractivity contribution in [3.8, 4) is 0 Å². The van der Waals surface area contributed by atoms with Gasteiger partial charge in [-0.25, -0.2) is 4.98 Å². The Bertz CT molecular complexity index is 1170. The lowest BCUT2D eigenvalue weighted by Gasteiger charge is -2.10. The van der Waals surface area contributed by atoms with Crippen molar-refractivity contribution in [1.29, 1.82) is 0 Å². The molecule has 0 aliphatic carbocycles. The lowest BCUT2D eigenvalue weighted by Crippen LogP contribution is -2.25. The monoisotopic (exact) mass is 380 g/mol. The van der Waals surface area contributed by atoms with E-state index >= 15 is 0 Å². The summed E-state index contributed by atoms with van der Waals surface area (Å²) < 4.78 is 13.6. The lowest BCUT2D eigenvalue weighted by atomic mass is 10.3. The Morgan fingerprint density at radius 2 is 2.18 bits per heavy atom. The van der Waals surface area contributed by atoms with Crippen LogP contribution in [-0.4, -0.2) is 33.6 Å². The zero-order chi connectivity index (χ0) is 19.5. The number of carbonyl (C=O) groups excluding carboxylic acids is 1. The molecule has 0 aromatic carbocycles. The molecule has 0 radical (unpaired) electrons. The smallest absolute Gasteiger partial charge is 0.268 e. The number of nitrogens with zero attached hydrogens (tertiary/aromatic N) is 3. The molecule has 0 saturated heterocycles. The molecule has 1 N–H and O–H groups in total. The fourth-order valence-corrected chi connectivity index (χ4v) is 3.20. The molecule has 0 unspecified atom stereocenters. The van der Waals surface area contributed by atoms with Gasteiger partial charge in [0, 0.05) is 26.5 Å². The van der Waals surface area contributed by atoms with Gasteiger partial charge in [-0.3, -0.25) is 14.0 Å². The lowest BCUT2D eigenvalue weighted by molar-refractivity contribution is 0.0938. The number of nitrogens with one attached hydrogen (secondary N) is 1. The van der Waals surface area contributed by atoms with Gasteiger partial charge in [-0.05, 0) is 36.8 Å². The number of aromatic nitrogens is 3. The van der Waals surface area contributed by atoms with Gasteiger partial charge in [-0.15, -0.1) is 0 Å². The molecule has 0 bridgehead atoms. The molecule has 4 aromatic heterocycles. The van der Waals surface area contributed by atoms with Crippen LogP contribution in [0.5, 0.6) is 0 Å². The van der Waals surface area contributed by atoms with Crippen LogP contribution in [0.1, 0.15) is 22.7 Å². The number of fused-ring (bicyclic) bond motifs is 2. The number of hydrogen-bond donors (Lipinski definition) is 1. The Kier molecular flexibility index (Phi) is 4.94. The van der Waals surface area contributed by atoms with E-state index in [1.807, 2.05) is 6.07 Å². The second-order valence-electron chi connectivity index (χ2n) is 6.37. The summed E-state index contributed by atoms with van der Waals surface area (Å²) >= 11 is 0. The molecule has 0 aliphatic heterocycles. The molecule has 0 fully saturated rings. The summed E-state index contributed by atoms with van der Waals surface area (Å²) in [6, 6.07) is 10.5. The van der Waals surface area contributed by atoms with Crippen molar-refractivity contribution in [2.24, 2.45) is 0 Å². The maximum Gasteiger partial charge on any atom is 0.268 e. The first-order chi connectivity index (χ1) is 13.7. The van der Waals surface area contributed by atoms with E-state index in [0.717, 1.165) is 0 Å². The molecule has 8 nitrogen and oxygen atoms in total. The van der Waals surface area contributed by atoms with Crippen molar-refractivity contribution >= 4 is 22.6 Å². The second kappa shape index (κ2) is 7.69. The Labute approximate surface area is 160 Å². The number of carbonyl (C=O) groups is 1. The highest BCUT2D eigenvalue weighted by Crippen LogP contribution is 2.17. The molecule has 28 heavy (non-hydrogen) atoms. The third kappa shape index (κ3) is 3.29. The fourth-order valence-electron chi connectivity index (χ4n) is 3.20. The van der Waals surface area contributed by atoms with Crippen LogP contribution >= 0.6 is 0 Å². The minimum atomic E-state index is -0.291. The van der Waals surface area contributed by atoms with Gasteiger partial charge in [0.2, 0.25) is 0 Å². The molecule has 4 heterocycles. The zero-order valence-electron chi connectivity index (χ0n) is 15.4. The van der Waals surface area contributed by atoms with Crippen LogP contribution in [0.3, 0.4) is 0 Å². The van der Waals surface area contributed by atoms with Crippen LogP contribution in [0.25, 0.3) is 16.7 Å². The maximum absolute atomic E-state index is 12.9. The molecule has 144 valence electrons. The van der Waals surface area contributed by atoms with Gasteiger partial charge in [0.1, 0.15) is 22.7 Å². The number of methoxy groups -OCH3 is 1. The van der Waals surface area contributed by atoms with Crippen LogP contribution in [-0.2, 0) is 17.8 Å². The Hall–Kier alpha value is -3.39. The minimum absolute atomic E-state index is 0.203. The molecule has 4 rings (SSSR count). The molecule has 4 aromatic rings. The van der Waals surface area contributed by atoms with Crippen molar-refractivity contribution < 1.29 is 13.9 Å². The highest BCUT2D eigenvalue weighted by atomic mass is 16.5. The largest absolute Gasteiger partial charge is 0.467 e. The molecule has 0 atom stereocenters. The van der Waals surface area contributed by atoms with Gasteiger partial charge in [-0.2, -0.15) is 0 Å². The molecule has 1 amide bonds. The van der Waals surface area contributed by atoms with Gasteiger partial charge < -0.3 is 19.0 Å². The minimum Gasteiger partial charge on any atom is -0.467 e. The van der Waals surface area contributed by atoms with Gasteiger partial charge in [0.15, 0.2) is 0 Å². The highest BCUT2D eigenvalue weighted by Gasteiger charge is 2.19. The quantitative estimate of drug-likeness (QED) is 0.497. The van der Waals surface area contributed by atoms with E-state index in [1.54, 1.807) is 54.5 Å². The van der Waals surface area contributed by atoms with Crippen LogP contribution in [0.15, 0.2) is 58.1 Å². The first kappa shape index (κ1) is 18.0. The summed E-state index contributed by atoms with van der Waals surface area (Å²) in [4.78, 5) is 30.3. The van der Waals surface area contributed by atoms with E-state index in [1.165, 1.54) is 4.40 Å². The van der Waals surface area contributed by atoms with Crippen molar-refractivity contribution in [3.63, 3.8) is 0 Å². The van der Waals surface area contributed by atoms with E-state index in [-0.39, 0.29) is 18.0 Å². The topological polar surface area (TPSA) is 90.8 Å². The SMILES string of the molecule is COCCCn1c(C(=O)NCc2ccco2)cc2c(=O)n3ccccc3nc21. The fraction of sp³-hybridized carbons (Fsp3) is 0.250. The third-order valence-corrected chi connectivity index (χ3v) is 4.54. The molecular formula is C20H20N4O4. The van der Waals surface area contributed by atoms with Gasteiger partial charge in [0.25, 0.3) is 11.5 Å². The summed E-state index contributed by atoms with van der Waals surface area (Å²) in [5.41, 5.74) is 1.22. The van der Waals surface area contributed by atoms with Crippen molar-refractivity contribution in [2.45, 2.75) is 19.5 Å². The second-order valence-corrected chi connectivity index (χ2v) is 6.37. The van der Waals surface area contributed by atoms with E-state index < -0.39 is 0 Å². The van der Waals surface area contributed by atoms with E-state index in [2.05, 4.69) is 10.3 Å². The Balaban J connectivity index is 1.77. The van der Waals surface area contributed by atoms with E-state index in [4.69, 9.17) is 9.15 Å². The van der Waals surface area contributed by atoms with E-state index in [9.17, 15) is 9.59 Å². The van der Waals surface area contributed by atoms with Gasteiger partial charge in [-0.1, -0.05) is 6.07 Å². The van der Waals surface area contributed by atoms with Crippen molar-refractivity contribution in [3.05, 3.63) is 70.7 Å². The molecular weight excluding hydrogens is 360 g/mol. The first-order valence-electron chi connectivity index (χ1n) is 8.99. The average Bonchev–Trinajstić information content (AvgIpc) is 3.35. The predicted molar refractivity (Wildman–Crippen MR) is 103 cm³/mol. The molecule has 0 spiro atoms. The third-order valence-electron chi connectivity index (χ3n) is 4.54. The number of ether oxygens (including phenoxy) is 1. The molecule has 0 aliphatic rings. The van der Waals surface area contributed by atoms with Crippen molar-refractivity contribution in [1.82, 2.24) is 19.3 Å². The van der Waals surface area contributed by atoms with Crippen LogP contribution in [0.4, 0.5) is 0 Å². The Morgan fingerprint density at radius 3 is 2.96 bits per heavy atom. The standard InChI is InChI=1S/C20H20N4O4/c1-27-10-5-9-23-16(19(25)21-13-14-6-4-11-28-14)12-15-18(23)22-17-7-2-3-8-24(17)20(15)26/h2-4,6-8,11-12H,5,9-10,13H2,1H3,(H,21,25). The van der Waals surface area contributed by atoms with E-state index in [0.29, 0.717) is 47.7 Å². The summed E-state index contributed by atoms with van der Waals surface area (Å²) in [6.07, 6.45) is 3.91. The van der Waals surface area contributed by atoms with Gasteiger partial charge in [0.05, 0.1) is 18.2 Å². The zero-order valence-corrected chi connectivity index (χ0v) is 15.4. The van der Waals surface area contributed by atoms with Gasteiger partial charge >= 0.3 is 0 Å². The summed E-state index contributed by atoms with van der Waals surface area (Å²) in [5.74, 6) is 0.361. The normalized spacial score (nSPS) is 11.3. The number of rotatable bonds is 7. The summed E-state index contributed by atoms with van der Waals surface area (Å²) in [7, 11) is 1.63. The summed E-state index contributed by atoms with van der Waals surface area (Å²) in [5, 5.41) is 3.24. The average molecular weight is 380 g/mol. The first-order valence-corrected chi connectivity index (χ1v) is 8.99. The number of furan rings is 1. The maximum atomic E-state index is 12.9. The molecule has 8 heteroatoms. The number of amides is 1. The molecule has 0 saturated carbocycles. The number of pyridine rings is 1. The summed E-state index contributed by atoms with van der Waals surface area (Å²) in [6.45, 7) is 1.32. The van der Waals surface area contributed by atoms with Crippen LogP contribution < -0.4 is 10.9 Å².